The summed E-state index contributed by atoms with van der Waals surface area (Å²) in [5.41, 5.74) is 3.21. The highest BCUT2D eigenvalue weighted by Gasteiger charge is 2.33. The number of aliphatic hydroxyl groups excluding tert-OH is 1. The molecule has 1 amide bonds. The number of carbonyl (C=O) groups excluding carboxylic acids is 1. The Bertz CT molecular complexity index is 1500. The number of aliphatic hydroxyl groups is 1. The number of hydrogen-bond donors (Lipinski definition) is 1. The molecule has 0 bridgehead atoms. The number of imidazole rings is 1. The highest BCUT2D eigenvalue weighted by atomic mass is 19.1. The first-order valence-electron chi connectivity index (χ1n) is 13.4. The lowest BCUT2D eigenvalue weighted by molar-refractivity contribution is -0.139. The van der Waals surface area contributed by atoms with Crippen LogP contribution in [0.15, 0.2) is 60.8 Å². The number of anilines is 2. The Labute approximate surface area is 226 Å². The van der Waals surface area contributed by atoms with Gasteiger partial charge in [0.25, 0.3) is 0 Å². The molecule has 0 radical (unpaired) electrons. The molecule has 1 N–H and O–H groups in total. The van der Waals surface area contributed by atoms with Gasteiger partial charge >= 0.3 is 0 Å². The second kappa shape index (κ2) is 10.3. The minimum absolute atomic E-state index is 0.0506. The number of piperazine rings is 1. The van der Waals surface area contributed by atoms with Crippen molar-refractivity contribution in [2.24, 2.45) is 0 Å². The van der Waals surface area contributed by atoms with Gasteiger partial charge in [0.05, 0.1) is 17.9 Å². The number of fused-ring (bicyclic) bond motifs is 1. The van der Waals surface area contributed by atoms with Gasteiger partial charge in [0.15, 0.2) is 5.65 Å². The number of hydrogen-bond acceptors (Lipinski definition) is 7. The second-order valence-corrected chi connectivity index (χ2v) is 10.5. The molecule has 202 valence electrons. The molecule has 2 aliphatic heterocycles. The molecule has 4 aromatic rings. The highest BCUT2D eigenvalue weighted by molar-refractivity contribution is 5.78. The number of amides is 1. The summed E-state index contributed by atoms with van der Waals surface area (Å²) >= 11 is 0. The third-order valence-corrected chi connectivity index (χ3v) is 7.79. The van der Waals surface area contributed by atoms with Gasteiger partial charge in [-0.1, -0.05) is 18.2 Å². The van der Waals surface area contributed by atoms with Gasteiger partial charge in [-0.15, -0.1) is 5.10 Å². The molecule has 0 spiro atoms. The van der Waals surface area contributed by atoms with Crippen LogP contribution in [0.1, 0.15) is 38.3 Å². The van der Waals surface area contributed by atoms with Crippen LogP contribution in [0.25, 0.3) is 17.0 Å². The average Bonchev–Trinajstić information content (AvgIpc) is 3.60. The molecule has 3 atom stereocenters. The molecule has 0 saturated carbocycles. The van der Waals surface area contributed by atoms with Gasteiger partial charge in [0.2, 0.25) is 5.91 Å². The Hall–Kier alpha value is -4.05. The van der Waals surface area contributed by atoms with Crippen molar-refractivity contribution in [2.45, 2.75) is 44.8 Å². The van der Waals surface area contributed by atoms with E-state index in [1.165, 1.54) is 6.07 Å². The fourth-order valence-electron chi connectivity index (χ4n) is 6.12. The molecule has 2 aliphatic rings. The first-order valence-corrected chi connectivity index (χ1v) is 13.4. The zero-order valence-electron chi connectivity index (χ0n) is 22.1. The smallest absolute Gasteiger partial charge is 0.248 e. The maximum atomic E-state index is 14.0. The average molecular weight is 530 g/mol. The molecule has 1 aromatic carbocycles. The standard InChI is InChI=1S/C29H32FN7O2/c1-19-16-34(17-20(2)36(19)29(39)18-38)27-10-4-8-23(32-27)25-15-31-26-11-12-28(33-37(25)26)35-13-5-9-24(35)21-6-3-7-22(30)14-21/h3-4,6-8,10-12,14-15,19-20,24,38H,5,9,13,16-18H2,1-2H3/t19-,20+,24?. The molecular formula is C29H32FN7O2. The van der Waals surface area contributed by atoms with Gasteiger partial charge in [-0.25, -0.2) is 18.9 Å². The molecule has 10 heteroatoms. The first-order chi connectivity index (χ1) is 18.9. The Balaban J connectivity index is 1.30. The fraction of sp³-hybridized carbons (Fsp3) is 0.379. The fourth-order valence-corrected chi connectivity index (χ4v) is 6.12. The Morgan fingerprint density at radius 1 is 1.05 bits per heavy atom. The third-order valence-electron chi connectivity index (χ3n) is 7.79. The van der Waals surface area contributed by atoms with Gasteiger partial charge in [-0.05, 0) is 68.7 Å². The zero-order valence-corrected chi connectivity index (χ0v) is 22.1. The molecule has 2 saturated heterocycles. The number of carbonyl (C=O) groups is 1. The van der Waals surface area contributed by atoms with Crippen molar-refractivity contribution >= 4 is 23.2 Å². The SMILES string of the molecule is C[C@@H]1CN(c2cccc(-c3cnc4ccc(N5CCCC5c5cccc(F)c5)nn34)n2)C[C@H](C)N1C(=O)CO. The lowest BCUT2D eigenvalue weighted by Gasteiger charge is -2.44. The maximum Gasteiger partial charge on any atom is 0.248 e. The van der Waals surface area contributed by atoms with Crippen LogP contribution in [0.5, 0.6) is 0 Å². The molecule has 9 nitrogen and oxygen atoms in total. The van der Waals surface area contributed by atoms with Crippen LogP contribution in [-0.2, 0) is 4.79 Å². The van der Waals surface area contributed by atoms with Crippen molar-refractivity contribution in [1.29, 1.82) is 0 Å². The summed E-state index contributed by atoms with van der Waals surface area (Å²) in [5.74, 6) is 1.16. The summed E-state index contributed by atoms with van der Waals surface area (Å²) in [5, 5.41) is 14.3. The van der Waals surface area contributed by atoms with Crippen molar-refractivity contribution in [2.75, 3.05) is 36.0 Å². The lowest BCUT2D eigenvalue weighted by atomic mass is 10.0. The summed E-state index contributed by atoms with van der Waals surface area (Å²) in [4.78, 5) is 27.9. The van der Waals surface area contributed by atoms with E-state index in [2.05, 4.69) is 14.8 Å². The van der Waals surface area contributed by atoms with Crippen molar-refractivity contribution in [3.8, 4) is 11.4 Å². The van der Waals surface area contributed by atoms with Crippen LogP contribution in [0, 0.1) is 5.82 Å². The minimum Gasteiger partial charge on any atom is -0.387 e. The van der Waals surface area contributed by atoms with E-state index >= 15 is 0 Å². The van der Waals surface area contributed by atoms with Crippen LogP contribution in [0.4, 0.5) is 16.0 Å². The highest BCUT2D eigenvalue weighted by Crippen LogP contribution is 2.36. The first kappa shape index (κ1) is 25.2. The predicted octanol–water partition coefficient (Wildman–Crippen LogP) is 3.69. The number of pyridine rings is 1. The van der Waals surface area contributed by atoms with Gasteiger partial charge in [0, 0.05) is 31.7 Å². The molecule has 1 unspecified atom stereocenters. The summed E-state index contributed by atoms with van der Waals surface area (Å²) in [6, 6.07) is 16.6. The molecule has 39 heavy (non-hydrogen) atoms. The minimum atomic E-state index is -0.480. The van der Waals surface area contributed by atoms with E-state index in [4.69, 9.17) is 10.1 Å². The molecule has 0 aliphatic carbocycles. The van der Waals surface area contributed by atoms with Gasteiger partial charge in [0.1, 0.15) is 29.8 Å². The van der Waals surface area contributed by atoms with E-state index in [-0.39, 0.29) is 29.8 Å². The van der Waals surface area contributed by atoms with Gasteiger partial charge < -0.3 is 19.8 Å². The predicted molar refractivity (Wildman–Crippen MR) is 147 cm³/mol. The quantitative estimate of drug-likeness (QED) is 0.422. The topological polar surface area (TPSA) is 90.1 Å². The number of halogens is 1. The normalized spacial score (nSPS) is 21.6. The van der Waals surface area contributed by atoms with E-state index < -0.39 is 6.61 Å². The van der Waals surface area contributed by atoms with E-state index in [0.29, 0.717) is 13.1 Å². The number of nitrogens with zero attached hydrogens (tertiary/aromatic N) is 7. The molecular weight excluding hydrogens is 497 g/mol. The summed E-state index contributed by atoms with van der Waals surface area (Å²) in [6.07, 6.45) is 3.74. The van der Waals surface area contributed by atoms with Crippen LogP contribution >= 0.6 is 0 Å². The van der Waals surface area contributed by atoms with Crippen LogP contribution < -0.4 is 9.80 Å². The molecule has 5 heterocycles. The zero-order chi connectivity index (χ0) is 27.1. The maximum absolute atomic E-state index is 14.0. The lowest BCUT2D eigenvalue weighted by Crippen LogP contribution is -2.59. The molecule has 6 rings (SSSR count). The molecule has 3 aromatic heterocycles. The van der Waals surface area contributed by atoms with E-state index in [1.54, 1.807) is 23.2 Å². The number of aromatic nitrogens is 4. The van der Waals surface area contributed by atoms with Crippen LogP contribution in [-0.4, -0.2) is 73.8 Å². The Kier molecular flexibility index (Phi) is 6.64. The Morgan fingerprint density at radius 2 is 1.85 bits per heavy atom. The number of rotatable bonds is 5. The van der Waals surface area contributed by atoms with E-state index in [1.807, 2.05) is 54.8 Å². The van der Waals surface area contributed by atoms with E-state index in [0.717, 1.165) is 53.6 Å². The Morgan fingerprint density at radius 3 is 2.62 bits per heavy atom. The van der Waals surface area contributed by atoms with Gasteiger partial charge in [-0.3, -0.25) is 4.79 Å². The van der Waals surface area contributed by atoms with E-state index in [9.17, 15) is 14.3 Å². The molecule has 2 fully saturated rings. The third kappa shape index (κ3) is 4.69. The van der Waals surface area contributed by atoms with Gasteiger partial charge in [-0.2, -0.15) is 0 Å². The number of benzene rings is 1. The monoisotopic (exact) mass is 529 g/mol. The van der Waals surface area contributed by atoms with Crippen LogP contribution in [0.3, 0.4) is 0 Å². The largest absolute Gasteiger partial charge is 0.387 e. The van der Waals surface area contributed by atoms with Crippen LogP contribution in [0.2, 0.25) is 0 Å². The summed E-state index contributed by atoms with van der Waals surface area (Å²) in [7, 11) is 0. The van der Waals surface area contributed by atoms with Crippen molar-refractivity contribution < 1.29 is 14.3 Å². The van der Waals surface area contributed by atoms with Crippen molar-refractivity contribution in [1.82, 2.24) is 24.5 Å². The van der Waals surface area contributed by atoms with Crippen molar-refractivity contribution in [3.05, 3.63) is 72.2 Å². The summed E-state index contributed by atoms with van der Waals surface area (Å²) in [6.45, 7) is 5.60. The second-order valence-electron chi connectivity index (χ2n) is 10.5. The summed E-state index contributed by atoms with van der Waals surface area (Å²) < 4.78 is 15.8. The van der Waals surface area contributed by atoms with Crippen molar-refractivity contribution in [3.63, 3.8) is 0 Å².